The number of carbonyl (C=O) groups is 2. The molecule has 43 heavy (non-hydrogen) atoms. The maximum Gasteiger partial charge on any atom is 0.338 e. The van der Waals surface area contributed by atoms with Crippen LogP contribution >= 0.6 is 0 Å². The van der Waals surface area contributed by atoms with E-state index in [0.29, 0.717) is 11.1 Å². The van der Waals surface area contributed by atoms with E-state index in [1.165, 1.54) is 0 Å². The van der Waals surface area contributed by atoms with Gasteiger partial charge in [0.1, 0.15) is 26.0 Å². The molecule has 2 saturated heterocycles. The first-order valence-corrected chi connectivity index (χ1v) is 14.7. The molecule has 0 amide bonds. The van der Waals surface area contributed by atoms with Crippen LogP contribution in [0, 0.1) is 29.6 Å². The zero-order chi connectivity index (χ0) is 30.9. The van der Waals surface area contributed by atoms with Gasteiger partial charge in [-0.25, -0.2) is 9.59 Å². The van der Waals surface area contributed by atoms with Crippen LogP contribution in [0.4, 0.5) is 0 Å². The SMILES string of the molecule is CC1[C@@H](O[C@H]2C(COC(=O)c3ccccc3)O[C@H](OCN=[N+]=[N-])C(C)[C@H]2C)OC(COC(=O)c2ccccc2)[C@H](C)[C@@H]1C. The Morgan fingerprint density at radius 3 is 1.79 bits per heavy atom. The van der Waals surface area contributed by atoms with Crippen molar-refractivity contribution in [1.29, 1.82) is 0 Å². The molecule has 11 heteroatoms. The second-order valence-corrected chi connectivity index (χ2v) is 11.4. The van der Waals surface area contributed by atoms with Crippen molar-refractivity contribution in [3.8, 4) is 0 Å². The molecule has 10 atom stereocenters. The minimum absolute atomic E-state index is 0.0186. The van der Waals surface area contributed by atoms with Crippen LogP contribution in [0.2, 0.25) is 0 Å². The lowest BCUT2D eigenvalue weighted by Gasteiger charge is -2.48. The highest BCUT2D eigenvalue weighted by Crippen LogP contribution is 2.40. The first-order chi connectivity index (χ1) is 20.7. The molecule has 0 saturated carbocycles. The van der Waals surface area contributed by atoms with Gasteiger partial charge in [0.25, 0.3) is 0 Å². The van der Waals surface area contributed by atoms with Crippen molar-refractivity contribution < 1.29 is 38.0 Å². The van der Waals surface area contributed by atoms with E-state index in [4.69, 9.17) is 34.0 Å². The predicted octanol–water partition coefficient (Wildman–Crippen LogP) is 6.00. The fraction of sp³-hybridized carbons (Fsp3) is 0.562. The summed E-state index contributed by atoms with van der Waals surface area (Å²) in [6.45, 7) is 10.1. The standard InChI is InChI=1S/C32H41N3O8/c1-19-20(2)26(16-38-29(36)24-12-8-6-9-13-24)41-32(22(19)4)43-28-21(3)23(5)31(40-18-34-35-33)42-27(28)17-39-30(37)25-14-10-7-11-15-25/h6-15,19-23,26-28,31-32H,16-18H2,1-5H3/t19-,20+,21+,22?,23?,26?,27?,28+,31-,32+/m0/s1. The second kappa shape index (κ2) is 15.3. The van der Waals surface area contributed by atoms with Crippen molar-refractivity contribution >= 4 is 11.9 Å². The lowest BCUT2D eigenvalue weighted by Crippen LogP contribution is -2.56. The van der Waals surface area contributed by atoms with Gasteiger partial charge in [-0.3, -0.25) is 0 Å². The van der Waals surface area contributed by atoms with Gasteiger partial charge in [0.05, 0.1) is 23.3 Å². The van der Waals surface area contributed by atoms with Gasteiger partial charge in [-0.15, -0.1) is 0 Å². The molecule has 0 bridgehead atoms. The summed E-state index contributed by atoms with van der Waals surface area (Å²) < 4.78 is 36.4. The van der Waals surface area contributed by atoms with Gasteiger partial charge in [-0.1, -0.05) is 76.1 Å². The molecular formula is C32H41N3O8. The maximum absolute atomic E-state index is 12.8. The first-order valence-electron chi connectivity index (χ1n) is 14.7. The lowest BCUT2D eigenvalue weighted by molar-refractivity contribution is -0.327. The molecule has 4 rings (SSSR count). The van der Waals surface area contributed by atoms with Gasteiger partial charge >= 0.3 is 11.9 Å². The zero-order valence-corrected chi connectivity index (χ0v) is 25.3. The Balaban J connectivity index is 1.48. The van der Waals surface area contributed by atoms with Gasteiger partial charge in [0.15, 0.2) is 12.6 Å². The number of benzene rings is 2. The number of nitrogens with zero attached hydrogens (tertiary/aromatic N) is 3. The number of rotatable bonds is 11. The number of hydrogen-bond donors (Lipinski definition) is 0. The largest absolute Gasteiger partial charge is 0.459 e. The van der Waals surface area contributed by atoms with Gasteiger partial charge in [-0.05, 0) is 47.6 Å². The molecule has 2 aromatic rings. The molecule has 4 unspecified atom stereocenters. The zero-order valence-electron chi connectivity index (χ0n) is 25.3. The van der Waals surface area contributed by atoms with Crippen LogP contribution in [0.15, 0.2) is 65.8 Å². The van der Waals surface area contributed by atoms with Crippen molar-refractivity contribution in [3.05, 3.63) is 82.2 Å². The van der Waals surface area contributed by atoms with E-state index in [0.717, 1.165) is 0 Å². The van der Waals surface area contributed by atoms with Gasteiger partial charge in [-0.2, -0.15) is 0 Å². The van der Waals surface area contributed by atoms with Crippen LogP contribution in [-0.2, 0) is 28.4 Å². The second-order valence-electron chi connectivity index (χ2n) is 11.4. The van der Waals surface area contributed by atoms with Crippen LogP contribution < -0.4 is 0 Å². The highest BCUT2D eigenvalue weighted by atomic mass is 16.7. The molecule has 0 N–H and O–H groups in total. The molecule has 11 nitrogen and oxygen atoms in total. The number of azide groups is 1. The first kappa shape index (κ1) is 32.4. The topological polar surface area (TPSA) is 138 Å². The summed E-state index contributed by atoms with van der Waals surface area (Å²) in [4.78, 5) is 28.1. The third-order valence-corrected chi connectivity index (χ3v) is 8.86. The molecule has 2 fully saturated rings. The molecule has 232 valence electrons. The minimum Gasteiger partial charge on any atom is -0.459 e. The third kappa shape index (κ3) is 8.13. The van der Waals surface area contributed by atoms with Crippen molar-refractivity contribution in [3.63, 3.8) is 0 Å². The van der Waals surface area contributed by atoms with E-state index in [1.54, 1.807) is 48.5 Å². The summed E-state index contributed by atoms with van der Waals surface area (Å²) in [7, 11) is 0. The summed E-state index contributed by atoms with van der Waals surface area (Å²) in [5, 5.41) is 3.47. The normalized spacial score (nSPS) is 32.3. The van der Waals surface area contributed by atoms with E-state index in [9.17, 15) is 9.59 Å². The molecule has 2 heterocycles. The average molecular weight is 596 g/mol. The third-order valence-electron chi connectivity index (χ3n) is 8.86. The molecule has 2 aliphatic heterocycles. The van der Waals surface area contributed by atoms with Crippen LogP contribution in [0.1, 0.15) is 55.3 Å². The number of carbonyl (C=O) groups excluding carboxylic acids is 2. The van der Waals surface area contributed by atoms with Crippen molar-refractivity contribution in [2.45, 2.75) is 65.5 Å². The minimum atomic E-state index is -0.699. The van der Waals surface area contributed by atoms with Crippen LogP contribution in [0.5, 0.6) is 0 Å². The average Bonchev–Trinajstić information content (AvgIpc) is 3.03. The Bertz CT molecular complexity index is 1240. The Kier molecular flexibility index (Phi) is 11.6. The van der Waals surface area contributed by atoms with E-state index in [1.807, 2.05) is 26.0 Å². The van der Waals surface area contributed by atoms with E-state index in [2.05, 4.69) is 30.8 Å². The Morgan fingerprint density at radius 2 is 1.23 bits per heavy atom. The number of ether oxygens (including phenoxy) is 6. The van der Waals surface area contributed by atoms with Crippen molar-refractivity contribution in [1.82, 2.24) is 0 Å². The summed E-state index contributed by atoms with van der Waals surface area (Å²) in [6, 6.07) is 17.6. The van der Waals surface area contributed by atoms with Crippen LogP contribution in [-0.4, -0.2) is 62.8 Å². The molecule has 0 aromatic heterocycles. The predicted molar refractivity (Wildman–Crippen MR) is 157 cm³/mol. The number of hydrogen-bond acceptors (Lipinski definition) is 9. The smallest absolute Gasteiger partial charge is 0.338 e. The fourth-order valence-corrected chi connectivity index (χ4v) is 5.55. The lowest BCUT2D eigenvalue weighted by atomic mass is 9.78. The maximum atomic E-state index is 12.8. The quantitative estimate of drug-likeness (QED) is 0.133. The summed E-state index contributed by atoms with van der Waals surface area (Å²) in [5.74, 6) is -0.807. The van der Waals surface area contributed by atoms with Gasteiger partial charge in [0, 0.05) is 16.7 Å². The molecule has 0 spiro atoms. The highest BCUT2D eigenvalue weighted by Gasteiger charge is 2.47. The van der Waals surface area contributed by atoms with Gasteiger partial charge in [0.2, 0.25) is 0 Å². The Labute approximate surface area is 252 Å². The molecule has 2 aliphatic rings. The van der Waals surface area contributed by atoms with Crippen LogP contribution in [0.3, 0.4) is 0 Å². The summed E-state index contributed by atoms with van der Waals surface area (Å²) >= 11 is 0. The van der Waals surface area contributed by atoms with E-state index >= 15 is 0 Å². The fourth-order valence-electron chi connectivity index (χ4n) is 5.55. The molecule has 2 aromatic carbocycles. The van der Waals surface area contributed by atoms with Crippen molar-refractivity contribution in [2.24, 2.45) is 34.7 Å². The molecule has 0 radical (unpaired) electrons. The summed E-state index contributed by atoms with van der Waals surface area (Å²) in [5.41, 5.74) is 9.58. The van der Waals surface area contributed by atoms with Crippen LogP contribution in [0.25, 0.3) is 10.4 Å². The summed E-state index contributed by atoms with van der Waals surface area (Å²) in [6.07, 6.45) is -2.90. The van der Waals surface area contributed by atoms with Crippen molar-refractivity contribution in [2.75, 3.05) is 19.9 Å². The van der Waals surface area contributed by atoms with Gasteiger partial charge < -0.3 is 28.4 Å². The van der Waals surface area contributed by atoms with E-state index < -0.39 is 36.7 Å². The Morgan fingerprint density at radius 1 is 0.721 bits per heavy atom. The molecular weight excluding hydrogens is 554 g/mol. The highest BCUT2D eigenvalue weighted by molar-refractivity contribution is 5.89. The molecule has 0 aliphatic carbocycles. The number of esters is 2. The monoisotopic (exact) mass is 595 g/mol. The van der Waals surface area contributed by atoms with E-state index in [-0.39, 0.29) is 55.6 Å². The Hall–Kier alpha value is -3.47.